The van der Waals surface area contributed by atoms with Crippen molar-refractivity contribution in [2.24, 2.45) is 0 Å². The van der Waals surface area contributed by atoms with Gasteiger partial charge in [0.2, 0.25) is 0 Å². The Hall–Kier alpha value is -3.52. The summed E-state index contributed by atoms with van der Waals surface area (Å²) in [7, 11) is 0. The number of benzene rings is 4. The third-order valence-corrected chi connectivity index (χ3v) is 7.22. The number of hydrogen-bond acceptors (Lipinski definition) is 2. The molecule has 6 rings (SSSR count). The second kappa shape index (κ2) is 6.74. The van der Waals surface area contributed by atoms with Gasteiger partial charge < -0.3 is 0 Å². The van der Waals surface area contributed by atoms with Gasteiger partial charge in [-0.2, -0.15) is 0 Å². The molecule has 2 heteroatoms. The summed E-state index contributed by atoms with van der Waals surface area (Å²) >= 11 is 0. The second-order valence-electron chi connectivity index (χ2n) is 10.8. The summed E-state index contributed by atoms with van der Waals surface area (Å²) in [5.74, 6) is 0. The highest BCUT2D eigenvalue weighted by Crippen LogP contribution is 2.53. The number of nitrogens with zero attached hydrogens (tertiary/aromatic N) is 2. The van der Waals surface area contributed by atoms with Crippen LogP contribution in [0.25, 0.3) is 44.1 Å². The Balaban J connectivity index is 1.67. The molecule has 4 aromatic carbocycles. The van der Waals surface area contributed by atoms with E-state index in [-0.39, 0.29) is 10.8 Å². The van der Waals surface area contributed by atoms with Crippen molar-refractivity contribution in [1.29, 1.82) is 0 Å². The zero-order valence-corrected chi connectivity index (χ0v) is 19.9. The molecule has 162 valence electrons. The van der Waals surface area contributed by atoms with Crippen molar-refractivity contribution in [2.45, 2.75) is 45.4 Å². The smallest absolute Gasteiger partial charge is 0.116 e. The fourth-order valence-corrected chi connectivity index (χ4v) is 5.74. The SMILES string of the molecule is CC(C)(C)c1cc(-c2ncnc3c2C(C)(C)c2c-3ccc3ccccc23)cc2ccccc12. The van der Waals surface area contributed by atoms with E-state index in [0.29, 0.717) is 0 Å². The van der Waals surface area contributed by atoms with Gasteiger partial charge in [0.1, 0.15) is 6.33 Å². The van der Waals surface area contributed by atoms with Crippen LogP contribution in [0, 0.1) is 0 Å². The van der Waals surface area contributed by atoms with Gasteiger partial charge in [-0.15, -0.1) is 0 Å². The summed E-state index contributed by atoms with van der Waals surface area (Å²) in [5.41, 5.74) is 8.27. The molecule has 2 nitrogen and oxygen atoms in total. The van der Waals surface area contributed by atoms with E-state index >= 15 is 0 Å². The van der Waals surface area contributed by atoms with Gasteiger partial charge in [0.05, 0.1) is 11.4 Å². The minimum Gasteiger partial charge on any atom is -0.236 e. The summed E-state index contributed by atoms with van der Waals surface area (Å²) in [4.78, 5) is 9.71. The largest absolute Gasteiger partial charge is 0.236 e. The number of aromatic nitrogens is 2. The molecule has 0 aliphatic heterocycles. The Morgan fingerprint density at radius 2 is 1.33 bits per heavy atom. The maximum atomic E-state index is 4.90. The topological polar surface area (TPSA) is 25.8 Å². The van der Waals surface area contributed by atoms with Gasteiger partial charge >= 0.3 is 0 Å². The van der Waals surface area contributed by atoms with Crippen molar-refractivity contribution in [2.75, 3.05) is 0 Å². The molecule has 0 atom stereocenters. The van der Waals surface area contributed by atoms with Crippen LogP contribution >= 0.6 is 0 Å². The second-order valence-corrected chi connectivity index (χ2v) is 10.8. The molecule has 1 aromatic heterocycles. The van der Waals surface area contributed by atoms with Crippen LogP contribution in [0.15, 0.2) is 79.1 Å². The molecule has 0 saturated heterocycles. The van der Waals surface area contributed by atoms with Crippen LogP contribution in [0.4, 0.5) is 0 Å². The molecule has 0 spiro atoms. The zero-order valence-electron chi connectivity index (χ0n) is 19.9. The normalized spacial score (nSPS) is 14.5. The highest BCUT2D eigenvalue weighted by atomic mass is 14.9. The van der Waals surface area contributed by atoms with Gasteiger partial charge in [0.25, 0.3) is 0 Å². The Bertz CT molecular complexity index is 1570. The lowest BCUT2D eigenvalue weighted by molar-refractivity contribution is 0.596. The fraction of sp³-hybridized carbons (Fsp3) is 0.226. The Morgan fingerprint density at radius 1 is 0.667 bits per heavy atom. The lowest BCUT2D eigenvalue weighted by Crippen LogP contribution is -2.18. The van der Waals surface area contributed by atoms with E-state index < -0.39 is 0 Å². The van der Waals surface area contributed by atoms with Gasteiger partial charge in [0, 0.05) is 22.1 Å². The lowest BCUT2D eigenvalue weighted by atomic mass is 9.77. The number of fused-ring (bicyclic) bond motifs is 6. The van der Waals surface area contributed by atoms with Crippen LogP contribution in [-0.4, -0.2) is 9.97 Å². The van der Waals surface area contributed by atoms with E-state index in [0.717, 1.165) is 11.4 Å². The van der Waals surface area contributed by atoms with Crippen molar-refractivity contribution in [3.8, 4) is 22.5 Å². The summed E-state index contributed by atoms with van der Waals surface area (Å²) in [6.45, 7) is 11.5. The van der Waals surface area contributed by atoms with E-state index in [4.69, 9.17) is 9.97 Å². The molecule has 33 heavy (non-hydrogen) atoms. The predicted octanol–water partition coefficient (Wildman–Crippen LogP) is 8.05. The predicted molar refractivity (Wildman–Crippen MR) is 139 cm³/mol. The van der Waals surface area contributed by atoms with Crippen molar-refractivity contribution < 1.29 is 0 Å². The van der Waals surface area contributed by atoms with E-state index in [9.17, 15) is 0 Å². The first-order valence-corrected chi connectivity index (χ1v) is 11.7. The van der Waals surface area contributed by atoms with Gasteiger partial charge in [-0.25, -0.2) is 9.97 Å². The number of rotatable bonds is 1. The summed E-state index contributed by atoms with van der Waals surface area (Å²) in [6.07, 6.45) is 1.74. The van der Waals surface area contributed by atoms with Crippen molar-refractivity contribution in [1.82, 2.24) is 9.97 Å². The molecule has 0 unspecified atom stereocenters. The van der Waals surface area contributed by atoms with Crippen LogP contribution in [0.3, 0.4) is 0 Å². The van der Waals surface area contributed by atoms with Crippen molar-refractivity contribution in [3.05, 3.63) is 95.8 Å². The maximum absolute atomic E-state index is 4.90. The van der Waals surface area contributed by atoms with Gasteiger partial charge in [0.15, 0.2) is 0 Å². The molecule has 0 bridgehead atoms. The molecule has 5 aromatic rings. The van der Waals surface area contributed by atoms with E-state index in [1.54, 1.807) is 6.33 Å². The van der Waals surface area contributed by atoms with E-state index in [1.165, 1.54) is 49.4 Å². The summed E-state index contributed by atoms with van der Waals surface area (Å²) < 4.78 is 0. The minimum absolute atomic E-state index is 0.0283. The first-order valence-electron chi connectivity index (χ1n) is 11.7. The monoisotopic (exact) mass is 428 g/mol. The van der Waals surface area contributed by atoms with Crippen LogP contribution < -0.4 is 0 Å². The van der Waals surface area contributed by atoms with Gasteiger partial charge in [-0.05, 0) is 50.2 Å². The Labute approximate surface area is 195 Å². The van der Waals surface area contributed by atoms with Crippen LogP contribution in [0.5, 0.6) is 0 Å². The average Bonchev–Trinajstić information content (AvgIpc) is 3.05. The molecule has 1 heterocycles. The molecule has 0 N–H and O–H groups in total. The fourth-order valence-electron chi connectivity index (χ4n) is 5.74. The number of hydrogen-bond donors (Lipinski definition) is 0. The molecule has 0 amide bonds. The molecule has 1 aliphatic carbocycles. The summed E-state index contributed by atoms with van der Waals surface area (Å²) in [6, 6.07) is 26.5. The lowest BCUT2D eigenvalue weighted by Gasteiger charge is -2.26. The average molecular weight is 429 g/mol. The third kappa shape index (κ3) is 2.87. The molecule has 0 radical (unpaired) electrons. The highest BCUT2D eigenvalue weighted by Gasteiger charge is 2.40. The van der Waals surface area contributed by atoms with E-state index in [1.807, 2.05) is 0 Å². The van der Waals surface area contributed by atoms with Gasteiger partial charge in [-0.1, -0.05) is 95.3 Å². The quantitative estimate of drug-likeness (QED) is 0.270. The zero-order chi connectivity index (χ0) is 23.0. The molecule has 1 aliphatic rings. The van der Waals surface area contributed by atoms with Crippen molar-refractivity contribution >= 4 is 21.5 Å². The van der Waals surface area contributed by atoms with Crippen LogP contribution in [0.1, 0.15) is 51.3 Å². The Kier molecular flexibility index (Phi) is 4.11. The summed E-state index contributed by atoms with van der Waals surface area (Å²) in [5, 5.41) is 5.14. The standard InChI is InChI=1S/C31H28N2/c1-30(2,3)25-17-21(16-20-11-7-8-12-22(20)25)28-27-29(33-18-32-28)24-15-14-19-10-6-9-13-23(19)26(24)31(27,4)5/h6-18H,1-5H3. The first-order chi connectivity index (χ1) is 15.8. The van der Waals surface area contributed by atoms with Crippen LogP contribution in [-0.2, 0) is 10.8 Å². The van der Waals surface area contributed by atoms with Crippen LogP contribution in [0.2, 0.25) is 0 Å². The molecular weight excluding hydrogens is 400 g/mol. The third-order valence-electron chi connectivity index (χ3n) is 7.22. The highest BCUT2D eigenvalue weighted by molar-refractivity contribution is 5.99. The first kappa shape index (κ1) is 20.1. The van der Waals surface area contributed by atoms with E-state index in [2.05, 4.69) is 107 Å². The molecular formula is C31H28N2. The maximum Gasteiger partial charge on any atom is 0.116 e. The molecule has 0 saturated carbocycles. The Morgan fingerprint density at radius 3 is 2.09 bits per heavy atom. The molecule has 0 fully saturated rings. The minimum atomic E-state index is -0.199. The van der Waals surface area contributed by atoms with Crippen molar-refractivity contribution in [3.63, 3.8) is 0 Å². The van der Waals surface area contributed by atoms with Gasteiger partial charge in [-0.3, -0.25) is 0 Å².